The topological polar surface area (TPSA) is 105 Å². The molecule has 1 atom stereocenters. The maximum Gasteiger partial charge on any atom is 0.230 e. The summed E-state index contributed by atoms with van der Waals surface area (Å²) in [6.07, 6.45) is 3.90. The molecule has 180 valence electrons. The van der Waals surface area contributed by atoms with Gasteiger partial charge in [0.15, 0.2) is 15.0 Å². The number of fused-ring (bicyclic) bond motifs is 1. The Hall–Kier alpha value is -2.69. The van der Waals surface area contributed by atoms with E-state index in [1.165, 1.54) is 11.3 Å². The highest BCUT2D eigenvalue weighted by Crippen LogP contribution is 2.43. The molecule has 1 aliphatic rings. The Kier molecular flexibility index (Phi) is 7.11. The molecule has 0 unspecified atom stereocenters. The second-order valence-electron chi connectivity index (χ2n) is 8.83. The van der Waals surface area contributed by atoms with Crippen molar-refractivity contribution >= 4 is 32.2 Å². The number of carbonyl (C=O) groups is 1. The summed E-state index contributed by atoms with van der Waals surface area (Å²) in [6.45, 7) is 9.36. The normalized spacial score (nSPS) is 16.1. The van der Waals surface area contributed by atoms with Crippen LogP contribution < -0.4 is 5.32 Å². The van der Waals surface area contributed by atoms with Crippen LogP contribution in [0, 0.1) is 12.8 Å². The van der Waals surface area contributed by atoms with E-state index in [0.29, 0.717) is 11.0 Å². The molecule has 0 radical (unpaired) electrons. The van der Waals surface area contributed by atoms with Gasteiger partial charge in [-0.25, -0.2) is 23.4 Å². The number of hydrogen-bond donors (Lipinski definition) is 1. The van der Waals surface area contributed by atoms with E-state index in [4.69, 9.17) is 4.98 Å². The molecule has 4 rings (SSSR count). The highest BCUT2D eigenvalue weighted by molar-refractivity contribution is 7.91. The summed E-state index contributed by atoms with van der Waals surface area (Å²) in [4.78, 5) is 29.8. The lowest BCUT2D eigenvalue weighted by Crippen LogP contribution is -2.26. The van der Waals surface area contributed by atoms with Crippen molar-refractivity contribution in [1.29, 1.82) is 0 Å². The van der Waals surface area contributed by atoms with E-state index in [1.807, 2.05) is 19.3 Å². The van der Waals surface area contributed by atoms with Gasteiger partial charge in [-0.15, -0.1) is 11.3 Å². The Morgan fingerprint density at radius 1 is 1.18 bits per heavy atom. The predicted molar refractivity (Wildman–Crippen MR) is 132 cm³/mol. The molecule has 1 aliphatic heterocycles. The summed E-state index contributed by atoms with van der Waals surface area (Å²) < 4.78 is 23.9. The molecule has 34 heavy (non-hydrogen) atoms. The quantitative estimate of drug-likeness (QED) is 0.501. The van der Waals surface area contributed by atoms with Gasteiger partial charge in [-0.1, -0.05) is 32.9 Å². The average molecular weight is 500 g/mol. The van der Waals surface area contributed by atoms with Crippen molar-refractivity contribution in [2.75, 3.05) is 11.1 Å². The van der Waals surface area contributed by atoms with Gasteiger partial charge in [0.05, 0.1) is 28.8 Å². The van der Waals surface area contributed by atoms with Gasteiger partial charge in [0.25, 0.3) is 0 Å². The molecule has 3 aromatic rings. The Morgan fingerprint density at radius 2 is 1.85 bits per heavy atom. The molecule has 0 saturated heterocycles. The van der Waals surface area contributed by atoms with E-state index >= 15 is 0 Å². The molecule has 0 fully saturated rings. The number of benzene rings is 1. The second kappa shape index (κ2) is 9.89. The van der Waals surface area contributed by atoms with Gasteiger partial charge >= 0.3 is 0 Å². The van der Waals surface area contributed by atoms with E-state index in [9.17, 15) is 13.2 Å². The first-order valence-corrected chi connectivity index (χ1v) is 13.8. The first-order chi connectivity index (χ1) is 16.2. The second-order valence-corrected chi connectivity index (χ2v) is 12.2. The van der Waals surface area contributed by atoms with E-state index in [-0.39, 0.29) is 29.0 Å². The SMILES string of the molecule is CCS(=O)(=O)c1ccc(CC(=O)Nc2nc3c(s2)CN(Cc2cnc(C)nc2)[C@H]3C(C)C)cc1. The van der Waals surface area contributed by atoms with E-state index in [0.717, 1.165) is 40.6 Å². The lowest BCUT2D eigenvalue weighted by Gasteiger charge is -2.27. The van der Waals surface area contributed by atoms with Crippen LogP contribution in [0.3, 0.4) is 0 Å². The van der Waals surface area contributed by atoms with Crippen LogP contribution in [0.5, 0.6) is 0 Å². The summed E-state index contributed by atoms with van der Waals surface area (Å²) in [5, 5.41) is 3.52. The molecule has 1 N–H and O–H groups in total. The van der Waals surface area contributed by atoms with Crippen molar-refractivity contribution in [3.8, 4) is 0 Å². The number of aryl methyl sites for hydroxylation is 1. The summed E-state index contributed by atoms with van der Waals surface area (Å²) >= 11 is 1.51. The molecule has 2 aromatic heterocycles. The summed E-state index contributed by atoms with van der Waals surface area (Å²) in [6, 6.07) is 6.64. The highest BCUT2D eigenvalue weighted by Gasteiger charge is 2.36. The minimum absolute atomic E-state index is 0.0507. The number of thiazole rings is 1. The van der Waals surface area contributed by atoms with E-state index < -0.39 is 9.84 Å². The maximum absolute atomic E-state index is 12.6. The fourth-order valence-electron chi connectivity index (χ4n) is 4.17. The summed E-state index contributed by atoms with van der Waals surface area (Å²) in [5.74, 6) is 0.993. The van der Waals surface area contributed by atoms with Crippen LogP contribution in [0.2, 0.25) is 0 Å². The first-order valence-electron chi connectivity index (χ1n) is 11.3. The van der Waals surface area contributed by atoms with Crippen molar-refractivity contribution in [3.63, 3.8) is 0 Å². The fourth-order valence-corrected chi connectivity index (χ4v) is 6.10. The highest BCUT2D eigenvalue weighted by atomic mass is 32.2. The van der Waals surface area contributed by atoms with Crippen LogP contribution in [-0.4, -0.2) is 39.9 Å². The van der Waals surface area contributed by atoms with Gasteiger partial charge in [0.2, 0.25) is 5.91 Å². The Bertz CT molecular complexity index is 1270. The smallest absolute Gasteiger partial charge is 0.230 e. The van der Waals surface area contributed by atoms with Crippen LogP contribution in [0.25, 0.3) is 0 Å². The zero-order chi connectivity index (χ0) is 24.5. The summed E-state index contributed by atoms with van der Waals surface area (Å²) in [7, 11) is -3.25. The minimum atomic E-state index is -3.25. The molecular weight excluding hydrogens is 470 g/mol. The summed E-state index contributed by atoms with van der Waals surface area (Å²) in [5.41, 5.74) is 2.85. The van der Waals surface area contributed by atoms with Crippen LogP contribution in [0.4, 0.5) is 5.13 Å². The minimum Gasteiger partial charge on any atom is -0.302 e. The van der Waals surface area contributed by atoms with Gasteiger partial charge in [-0.3, -0.25) is 9.69 Å². The third-order valence-corrected chi connectivity index (χ3v) is 8.59. The number of rotatable bonds is 8. The molecule has 0 spiro atoms. The number of carbonyl (C=O) groups excluding carboxylic acids is 1. The number of nitrogens with one attached hydrogen (secondary N) is 1. The van der Waals surface area contributed by atoms with Gasteiger partial charge in [-0.2, -0.15) is 0 Å². The Labute approximate surface area is 204 Å². The number of aromatic nitrogens is 3. The molecule has 1 aromatic carbocycles. The van der Waals surface area contributed by atoms with E-state index in [1.54, 1.807) is 31.2 Å². The van der Waals surface area contributed by atoms with Crippen LogP contribution in [-0.2, 0) is 34.1 Å². The number of nitrogens with zero attached hydrogens (tertiary/aromatic N) is 4. The number of hydrogen-bond acceptors (Lipinski definition) is 8. The first kappa shape index (κ1) is 24.4. The zero-order valence-electron chi connectivity index (χ0n) is 19.8. The molecule has 8 nitrogen and oxygen atoms in total. The number of amides is 1. The predicted octanol–water partition coefficient (Wildman–Crippen LogP) is 3.93. The zero-order valence-corrected chi connectivity index (χ0v) is 21.4. The fraction of sp³-hybridized carbons (Fsp3) is 0.417. The third-order valence-electron chi connectivity index (χ3n) is 5.87. The molecule has 10 heteroatoms. The number of anilines is 1. The monoisotopic (exact) mass is 499 g/mol. The van der Waals surface area contributed by atoms with E-state index in [2.05, 4.69) is 34.0 Å². The van der Waals surface area contributed by atoms with Gasteiger partial charge in [0.1, 0.15) is 5.82 Å². The molecule has 3 heterocycles. The maximum atomic E-state index is 12.6. The molecular formula is C24H29N5O3S2. The standard InChI is InChI=1S/C24H29N5O3S2/c1-5-34(31,32)19-8-6-17(7-9-19)10-21(30)27-24-28-22-20(33-24)14-29(23(22)15(2)3)13-18-11-25-16(4)26-12-18/h6-9,11-12,15,23H,5,10,13-14H2,1-4H3,(H,27,28,30)/t23-/m0/s1. The van der Waals surface area contributed by atoms with Crippen molar-refractivity contribution < 1.29 is 13.2 Å². The van der Waals surface area contributed by atoms with Crippen LogP contribution >= 0.6 is 11.3 Å². The van der Waals surface area contributed by atoms with Crippen molar-refractivity contribution in [2.24, 2.45) is 5.92 Å². The van der Waals surface area contributed by atoms with Crippen LogP contribution in [0.15, 0.2) is 41.6 Å². The van der Waals surface area contributed by atoms with Gasteiger partial charge < -0.3 is 5.32 Å². The molecule has 0 bridgehead atoms. The molecule has 0 saturated carbocycles. The lowest BCUT2D eigenvalue weighted by atomic mass is 10.0. The Balaban J connectivity index is 1.41. The molecule has 1 amide bonds. The largest absolute Gasteiger partial charge is 0.302 e. The average Bonchev–Trinajstić information content (AvgIpc) is 3.31. The Morgan fingerprint density at radius 3 is 2.47 bits per heavy atom. The van der Waals surface area contributed by atoms with Gasteiger partial charge in [0, 0.05) is 35.9 Å². The number of sulfone groups is 1. The molecule has 0 aliphatic carbocycles. The van der Waals surface area contributed by atoms with Crippen molar-refractivity contribution in [2.45, 2.75) is 58.1 Å². The van der Waals surface area contributed by atoms with Crippen molar-refractivity contribution in [3.05, 3.63) is 64.2 Å². The van der Waals surface area contributed by atoms with Crippen molar-refractivity contribution in [1.82, 2.24) is 19.9 Å². The lowest BCUT2D eigenvalue weighted by molar-refractivity contribution is -0.115. The van der Waals surface area contributed by atoms with Gasteiger partial charge in [-0.05, 0) is 30.5 Å². The third kappa shape index (κ3) is 5.34. The van der Waals surface area contributed by atoms with Crippen LogP contribution in [0.1, 0.15) is 54.3 Å².